The minimum absolute atomic E-state index is 0.0891. The summed E-state index contributed by atoms with van der Waals surface area (Å²) in [6.45, 7) is 1.86. The maximum Gasteiger partial charge on any atom is 0.255 e. The molecule has 1 heterocycles. The lowest BCUT2D eigenvalue weighted by Gasteiger charge is -2.33. The van der Waals surface area contributed by atoms with E-state index in [-0.39, 0.29) is 24.2 Å². The first kappa shape index (κ1) is 16.7. The Morgan fingerprint density at radius 1 is 1.20 bits per heavy atom. The van der Waals surface area contributed by atoms with Crippen LogP contribution >= 0.6 is 0 Å². The van der Waals surface area contributed by atoms with Gasteiger partial charge in [0, 0.05) is 18.3 Å². The second-order valence-corrected chi connectivity index (χ2v) is 6.27. The molecule has 0 bridgehead atoms. The van der Waals surface area contributed by atoms with Crippen LogP contribution in [-0.4, -0.2) is 29.7 Å². The molecule has 1 aliphatic heterocycles. The van der Waals surface area contributed by atoms with Gasteiger partial charge in [0.1, 0.15) is 0 Å². The van der Waals surface area contributed by atoms with E-state index in [0.29, 0.717) is 11.3 Å². The van der Waals surface area contributed by atoms with Crippen molar-refractivity contribution in [3.8, 4) is 0 Å². The van der Waals surface area contributed by atoms with Crippen LogP contribution in [0.25, 0.3) is 0 Å². The van der Waals surface area contributed by atoms with Gasteiger partial charge in [-0.15, -0.1) is 0 Å². The summed E-state index contributed by atoms with van der Waals surface area (Å²) in [6.07, 6.45) is 0.223. The van der Waals surface area contributed by atoms with Crippen LogP contribution in [0, 0.1) is 0 Å². The zero-order valence-corrected chi connectivity index (χ0v) is 14.2. The van der Waals surface area contributed by atoms with Crippen LogP contribution in [0.1, 0.15) is 29.3 Å². The third-order valence-electron chi connectivity index (χ3n) is 4.35. The van der Waals surface area contributed by atoms with Crippen molar-refractivity contribution in [3.05, 3.63) is 65.7 Å². The van der Waals surface area contributed by atoms with Gasteiger partial charge in [0.05, 0.1) is 12.0 Å². The molecule has 0 unspecified atom stereocenters. The minimum Gasteiger partial charge on any atom is -0.369 e. The second-order valence-electron chi connectivity index (χ2n) is 6.27. The fourth-order valence-corrected chi connectivity index (χ4v) is 2.80. The maximum absolute atomic E-state index is 12.3. The third kappa shape index (κ3) is 3.38. The molecule has 0 radical (unpaired) electrons. The first-order valence-corrected chi connectivity index (χ1v) is 7.98. The summed E-state index contributed by atoms with van der Waals surface area (Å²) in [6, 6.07) is 16.3. The number of carbonyl (C=O) groups is 2. The van der Waals surface area contributed by atoms with Crippen LogP contribution < -0.4 is 11.1 Å². The Bertz CT molecular complexity index is 848. The van der Waals surface area contributed by atoms with E-state index in [4.69, 9.17) is 5.73 Å². The van der Waals surface area contributed by atoms with Crippen LogP contribution in [0.4, 0.5) is 5.69 Å². The summed E-state index contributed by atoms with van der Waals surface area (Å²) in [5.74, 6) is -0.0865. The monoisotopic (exact) mass is 336 g/mol. The topological polar surface area (TPSA) is 87.8 Å². The normalized spacial score (nSPS) is 20.2. The second kappa shape index (κ2) is 6.39. The number of benzene rings is 2. The quantitative estimate of drug-likeness (QED) is 0.902. The standard InChI is InChI=1S/C19H20N4O2/c1-19(12-16(24)23(2)18(20)22-19)14-9-6-10-15(11-14)21-17(25)13-7-4-3-5-8-13/h3-11H,12H2,1-2H3,(H2,20,22)(H,21,25)/t19-/m0/s1. The smallest absolute Gasteiger partial charge is 0.255 e. The highest BCUT2D eigenvalue weighted by Crippen LogP contribution is 2.34. The molecule has 0 saturated heterocycles. The summed E-state index contributed by atoms with van der Waals surface area (Å²) < 4.78 is 0. The van der Waals surface area contributed by atoms with Gasteiger partial charge in [-0.05, 0) is 36.8 Å². The van der Waals surface area contributed by atoms with Gasteiger partial charge >= 0.3 is 0 Å². The fraction of sp³-hybridized carbons (Fsp3) is 0.211. The first-order chi connectivity index (χ1) is 11.9. The van der Waals surface area contributed by atoms with Gasteiger partial charge in [0.25, 0.3) is 5.91 Å². The van der Waals surface area contributed by atoms with Crippen LogP contribution in [0.15, 0.2) is 59.6 Å². The summed E-state index contributed by atoms with van der Waals surface area (Å²) in [5, 5.41) is 2.87. The van der Waals surface area contributed by atoms with E-state index in [9.17, 15) is 9.59 Å². The molecule has 6 nitrogen and oxygen atoms in total. The molecule has 1 aliphatic rings. The molecule has 0 saturated carbocycles. The van der Waals surface area contributed by atoms with Crippen molar-refractivity contribution in [2.24, 2.45) is 10.7 Å². The molecule has 2 aromatic carbocycles. The molecule has 0 fully saturated rings. The largest absolute Gasteiger partial charge is 0.369 e. The molecule has 6 heteroatoms. The van der Waals surface area contributed by atoms with Crippen molar-refractivity contribution >= 4 is 23.5 Å². The number of amides is 2. The van der Waals surface area contributed by atoms with Crippen molar-refractivity contribution in [2.75, 3.05) is 12.4 Å². The SMILES string of the molecule is CN1C(=O)C[C@@](C)(c2cccc(NC(=O)c3ccccc3)c2)N=C1N. The summed E-state index contributed by atoms with van der Waals surface area (Å²) in [5.41, 5.74) is 7.16. The van der Waals surface area contributed by atoms with Crippen molar-refractivity contribution in [2.45, 2.75) is 18.9 Å². The minimum atomic E-state index is -0.749. The number of rotatable bonds is 3. The fourth-order valence-electron chi connectivity index (χ4n) is 2.80. The lowest BCUT2D eigenvalue weighted by Crippen LogP contribution is -2.47. The molecule has 3 rings (SSSR count). The van der Waals surface area contributed by atoms with Gasteiger partial charge in [0.15, 0.2) is 5.96 Å². The number of carbonyl (C=O) groups excluding carboxylic acids is 2. The molecule has 3 N–H and O–H groups in total. The number of nitrogens with zero attached hydrogens (tertiary/aromatic N) is 2. The van der Waals surface area contributed by atoms with E-state index in [1.807, 2.05) is 43.3 Å². The number of hydrogen-bond acceptors (Lipinski definition) is 4. The zero-order chi connectivity index (χ0) is 18.0. The highest BCUT2D eigenvalue weighted by molar-refractivity contribution is 6.04. The van der Waals surface area contributed by atoms with Gasteiger partial charge in [0.2, 0.25) is 5.91 Å². The Hall–Kier alpha value is -3.15. The lowest BCUT2D eigenvalue weighted by atomic mass is 9.87. The lowest BCUT2D eigenvalue weighted by molar-refractivity contribution is -0.128. The van der Waals surface area contributed by atoms with Gasteiger partial charge in [-0.3, -0.25) is 14.5 Å². The van der Waals surface area contributed by atoms with Crippen LogP contribution in [0.3, 0.4) is 0 Å². The average Bonchev–Trinajstić information content (AvgIpc) is 2.60. The van der Waals surface area contributed by atoms with E-state index in [2.05, 4.69) is 10.3 Å². The van der Waals surface area contributed by atoms with Gasteiger partial charge in [-0.1, -0.05) is 30.3 Å². The molecule has 25 heavy (non-hydrogen) atoms. The molecule has 2 amide bonds. The number of hydrogen-bond donors (Lipinski definition) is 2. The van der Waals surface area contributed by atoms with E-state index in [1.165, 1.54) is 4.90 Å². The Balaban J connectivity index is 1.87. The van der Waals surface area contributed by atoms with Crippen molar-refractivity contribution in [1.29, 1.82) is 0 Å². The Labute approximate surface area is 146 Å². The van der Waals surface area contributed by atoms with Crippen LogP contribution in [0.5, 0.6) is 0 Å². The Kier molecular flexibility index (Phi) is 4.27. The molecule has 0 aromatic heterocycles. The highest BCUT2D eigenvalue weighted by atomic mass is 16.2. The zero-order valence-electron chi connectivity index (χ0n) is 14.2. The van der Waals surface area contributed by atoms with E-state index in [0.717, 1.165) is 5.56 Å². The van der Waals surface area contributed by atoms with Crippen molar-refractivity contribution in [3.63, 3.8) is 0 Å². The van der Waals surface area contributed by atoms with E-state index >= 15 is 0 Å². The molecule has 128 valence electrons. The molecule has 2 aromatic rings. The summed E-state index contributed by atoms with van der Waals surface area (Å²) >= 11 is 0. The molecular formula is C19H20N4O2. The number of guanidine groups is 1. The van der Waals surface area contributed by atoms with Crippen LogP contribution in [-0.2, 0) is 10.3 Å². The maximum atomic E-state index is 12.3. The summed E-state index contributed by atoms with van der Waals surface area (Å²) in [4.78, 5) is 30.3. The van der Waals surface area contributed by atoms with E-state index < -0.39 is 5.54 Å². The predicted octanol–water partition coefficient (Wildman–Crippen LogP) is 2.33. The average molecular weight is 336 g/mol. The summed E-state index contributed by atoms with van der Waals surface area (Å²) in [7, 11) is 1.61. The number of anilines is 1. The van der Waals surface area contributed by atoms with E-state index in [1.54, 1.807) is 25.2 Å². The van der Waals surface area contributed by atoms with Crippen molar-refractivity contribution < 1.29 is 9.59 Å². The molecule has 1 atom stereocenters. The van der Waals surface area contributed by atoms with Gasteiger partial charge in [-0.2, -0.15) is 0 Å². The van der Waals surface area contributed by atoms with Crippen LogP contribution in [0.2, 0.25) is 0 Å². The van der Waals surface area contributed by atoms with Gasteiger partial charge < -0.3 is 11.1 Å². The molecule has 0 spiro atoms. The molecular weight excluding hydrogens is 316 g/mol. The number of nitrogens with two attached hydrogens (primary N) is 1. The third-order valence-corrected chi connectivity index (χ3v) is 4.35. The Morgan fingerprint density at radius 3 is 2.60 bits per heavy atom. The molecule has 0 aliphatic carbocycles. The first-order valence-electron chi connectivity index (χ1n) is 7.98. The highest BCUT2D eigenvalue weighted by Gasteiger charge is 2.36. The number of aliphatic imine (C=N–C) groups is 1. The Morgan fingerprint density at radius 2 is 1.92 bits per heavy atom. The number of nitrogens with one attached hydrogen (secondary N) is 1. The van der Waals surface area contributed by atoms with Gasteiger partial charge in [-0.25, -0.2) is 4.99 Å². The predicted molar refractivity (Wildman–Crippen MR) is 97.2 cm³/mol. The van der Waals surface area contributed by atoms with Crippen molar-refractivity contribution in [1.82, 2.24) is 4.90 Å².